The van der Waals surface area contributed by atoms with Crippen molar-refractivity contribution in [3.63, 3.8) is 0 Å². The van der Waals surface area contributed by atoms with Crippen molar-refractivity contribution in [3.8, 4) is 39.7 Å². The van der Waals surface area contributed by atoms with Crippen LogP contribution in [0, 0.1) is 37.3 Å². The van der Waals surface area contributed by atoms with Gasteiger partial charge in [-0.2, -0.15) is 5.26 Å². The third-order valence-corrected chi connectivity index (χ3v) is 6.86. The molecule has 0 saturated heterocycles. The van der Waals surface area contributed by atoms with Crippen molar-refractivity contribution >= 4 is 21.9 Å². The van der Waals surface area contributed by atoms with E-state index in [1.165, 1.54) is 5.56 Å². The predicted octanol–water partition coefficient (Wildman–Crippen LogP) is 9.15. The van der Waals surface area contributed by atoms with Gasteiger partial charge in [0, 0.05) is 43.4 Å². The average Bonchev–Trinajstić information content (AvgIpc) is 3.40. The van der Waals surface area contributed by atoms with E-state index in [1.54, 1.807) is 6.20 Å². The minimum absolute atomic E-state index is 0. The first-order valence-corrected chi connectivity index (χ1v) is 13.3. The van der Waals surface area contributed by atoms with Crippen LogP contribution in [-0.2, 0) is 20.1 Å². The van der Waals surface area contributed by atoms with Crippen molar-refractivity contribution in [2.45, 2.75) is 13.8 Å². The number of nitrogens with zero attached hydrogens (tertiary/aromatic N) is 3. The predicted molar refractivity (Wildman–Crippen MR) is 164 cm³/mol. The number of aryl methyl sites for hydroxylation is 2. The first kappa shape index (κ1) is 28.6. The van der Waals surface area contributed by atoms with Crippen LogP contribution < -0.4 is 0 Å². The van der Waals surface area contributed by atoms with Crippen LogP contribution in [0.5, 0.6) is 0 Å². The quantitative estimate of drug-likeness (QED) is 0.171. The fourth-order valence-corrected chi connectivity index (χ4v) is 4.89. The third kappa shape index (κ3) is 5.78. The van der Waals surface area contributed by atoms with Crippen LogP contribution in [0.15, 0.2) is 120 Å². The van der Waals surface area contributed by atoms with Crippen molar-refractivity contribution in [2.75, 3.05) is 0 Å². The maximum atomic E-state index is 9.67. The summed E-state index contributed by atoms with van der Waals surface area (Å²) in [6, 6.07) is 42.3. The summed E-state index contributed by atoms with van der Waals surface area (Å²) < 4.78 is 6.38. The van der Waals surface area contributed by atoms with E-state index in [-0.39, 0.29) is 20.1 Å². The summed E-state index contributed by atoms with van der Waals surface area (Å²) in [6.45, 7) is 4.10. The molecule has 0 aliphatic carbocycles. The van der Waals surface area contributed by atoms with Gasteiger partial charge < -0.3 is 14.4 Å². The zero-order valence-corrected chi connectivity index (χ0v) is 25.4. The molecular weight excluding hydrogens is 695 g/mol. The fraction of sp³-hybridized carbons (Fsp3) is 0.0541. The summed E-state index contributed by atoms with van der Waals surface area (Å²) in [6.07, 6.45) is 3.62. The first-order chi connectivity index (χ1) is 20.1. The van der Waals surface area contributed by atoms with E-state index >= 15 is 0 Å². The number of rotatable bonds is 3. The Labute approximate surface area is 258 Å². The molecular formula is C37H25IrN3O-2. The molecule has 42 heavy (non-hydrogen) atoms. The van der Waals surface area contributed by atoms with Gasteiger partial charge in [0.2, 0.25) is 0 Å². The van der Waals surface area contributed by atoms with Crippen LogP contribution in [0.4, 0.5) is 0 Å². The van der Waals surface area contributed by atoms with Crippen LogP contribution in [-0.4, -0.2) is 9.97 Å². The molecule has 0 unspecified atom stereocenters. The molecule has 0 N–H and O–H groups in total. The smallest absolute Gasteiger partial charge is 0.130 e. The fourth-order valence-electron chi connectivity index (χ4n) is 4.89. The number of benzene rings is 4. The summed E-state index contributed by atoms with van der Waals surface area (Å²) >= 11 is 0. The molecule has 0 aliphatic rings. The molecule has 0 fully saturated rings. The monoisotopic (exact) mass is 720 g/mol. The minimum Gasteiger partial charge on any atom is -0.500 e. The standard InChI is InChI=1S/C25H15N2O.C12H10N.Ir/c1-16-12-13-27-22(14-16)21-9-5-8-19-20-11-10-18(15-26)23(25(20)28-24(19)21)17-6-3-2-4-7-17;1-10-7-8-13-12(9-10)11-5-3-2-4-6-11;/h2-8,10-14H,1H3;2-5,7-9H,1H3;/q2*-1;. The molecule has 5 heteroatoms. The molecule has 3 heterocycles. The van der Waals surface area contributed by atoms with Crippen molar-refractivity contribution in [1.82, 2.24) is 9.97 Å². The van der Waals surface area contributed by atoms with Crippen molar-refractivity contribution in [1.29, 1.82) is 5.26 Å². The molecule has 7 rings (SSSR count). The van der Waals surface area contributed by atoms with E-state index in [2.05, 4.69) is 41.2 Å². The van der Waals surface area contributed by atoms with Gasteiger partial charge in [-0.3, -0.25) is 0 Å². The Morgan fingerprint density at radius 2 is 1.38 bits per heavy atom. The molecule has 1 radical (unpaired) electrons. The Balaban J connectivity index is 0.000000212. The summed E-state index contributed by atoms with van der Waals surface area (Å²) in [7, 11) is 0. The van der Waals surface area contributed by atoms with Gasteiger partial charge >= 0.3 is 0 Å². The largest absolute Gasteiger partial charge is 0.500 e. The van der Waals surface area contributed by atoms with Gasteiger partial charge in [0.25, 0.3) is 0 Å². The van der Waals surface area contributed by atoms with Gasteiger partial charge in [0.15, 0.2) is 0 Å². The number of fused-ring (bicyclic) bond motifs is 3. The molecule has 3 aromatic heterocycles. The average molecular weight is 720 g/mol. The number of hydrogen-bond acceptors (Lipinski definition) is 4. The van der Waals surface area contributed by atoms with Gasteiger partial charge in [-0.1, -0.05) is 70.6 Å². The third-order valence-electron chi connectivity index (χ3n) is 6.86. The molecule has 4 nitrogen and oxygen atoms in total. The molecule has 0 aliphatic heterocycles. The Morgan fingerprint density at radius 1 is 0.690 bits per heavy atom. The Morgan fingerprint density at radius 3 is 2.07 bits per heavy atom. The SMILES string of the molecule is Cc1ccnc(-c2[c-]ccc3c2oc2c(-c4ccccc4)c(C#N)ccc23)c1.Cc1ccnc(-c2[c-]cccc2)c1.[Ir]. The summed E-state index contributed by atoms with van der Waals surface area (Å²) in [5, 5.41) is 11.6. The first-order valence-electron chi connectivity index (χ1n) is 13.3. The van der Waals surface area contributed by atoms with Gasteiger partial charge in [-0.25, -0.2) is 0 Å². The maximum absolute atomic E-state index is 9.67. The molecule has 0 spiro atoms. The Bertz CT molecular complexity index is 2030. The van der Waals surface area contributed by atoms with Crippen molar-refractivity contribution in [3.05, 3.63) is 144 Å². The number of pyridine rings is 2. The van der Waals surface area contributed by atoms with Crippen LogP contribution in [0.2, 0.25) is 0 Å². The number of hydrogen-bond donors (Lipinski definition) is 0. The Kier molecular flexibility index (Phi) is 8.69. The molecule has 0 saturated carbocycles. The molecule has 0 bridgehead atoms. The van der Waals surface area contributed by atoms with Crippen molar-refractivity contribution in [2.24, 2.45) is 0 Å². The zero-order valence-electron chi connectivity index (χ0n) is 23.1. The molecule has 0 atom stereocenters. The second-order valence-electron chi connectivity index (χ2n) is 9.75. The maximum Gasteiger partial charge on any atom is 0.130 e. The van der Waals surface area contributed by atoms with Crippen molar-refractivity contribution < 1.29 is 24.5 Å². The Hall–Kier alpha value is -4.88. The topological polar surface area (TPSA) is 62.7 Å². The molecule has 205 valence electrons. The van der Waals surface area contributed by atoms with E-state index in [1.807, 2.05) is 110 Å². The van der Waals surface area contributed by atoms with Gasteiger partial charge in [0.1, 0.15) is 5.58 Å². The van der Waals surface area contributed by atoms with Crippen LogP contribution in [0.25, 0.3) is 55.6 Å². The van der Waals surface area contributed by atoms with Crippen LogP contribution in [0.3, 0.4) is 0 Å². The van der Waals surface area contributed by atoms with E-state index in [0.717, 1.165) is 55.6 Å². The normalized spacial score (nSPS) is 10.4. The van der Waals surface area contributed by atoms with E-state index in [0.29, 0.717) is 11.1 Å². The minimum atomic E-state index is 0. The van der Waals surface area contributed by atoms with Crippen LogP contribution >= 0.6 is 0 Å². The van der Waals surface area contributed by atoms with Crippen LogP contribution in [0.1, 0.15) is 16.7 Å². The van der Waals surface area contributed by atoms with E-state index < -0.39 is 0 Å². The zero-order chi connectivity index (χ0) is 28.2. The van der Waals surface area contributed by atoms with E-state index in [4.69, 9.17) is 4.42 Å². The van der Waals surface area contributed by atoms with Gasteiger partial charge in [0.05, 0.1) is 17.2 Å². The molecule has 0 amide bonds. The second-order valence-corrected chi connectivity index (χ2v) is 9.75. The molecule has 7 aromatic rings. The number of aromatic nitrogens is 2. The summed E-state index contributed by atoms with van der Waals surface area (Å²) in [5.41, 5.74) is 9.87. The number of furan rings is 1. The van der Waals surface area contributed by atoms with Gasteiger partial charge in [-0.15, -0.1) is 54.1 Å². The second kappa shape index (κ2) is 12.7. The number of nitriles is 1. The summed E-state index contributed by atoms with van der Waals surface area (Å²) in [4.78, 5) is 8.78. The summed E-state index contributed by atoms with van der Waals surface area (Å²) in [5.74, 6) is 0. The van der Waals surface area contributed by atoms with E-state index in [9.17, 15) is 5.26 Å². The van der Waals surface area contributed by atoms with Gasteiger partial charge in [-0.05, 0) is 49.0 Å². The molecule has 4 aromatic carbocycles.